The largest absolute Gasteiger partial charge is 0.325 e. The molecule has 0 atom stereocenters. The van der Waals surface area contributed by atoms with Crippen LogP contribution in [0, 0.1) is 24.0 Å². The Bertz CT molecular complexity index is 987. The van der Waals surface area contributed by atoms with Crippen molar-refractivity contribution in [3.8, 4) is 5.69 Å². The molecule has 138 valence electrons. The third-order valence-electron chi connectivity index (χ3n) is 3.83. The van der Waals surface area contributed by atoms with Crippen molar-refractivity contribution in [2.24, 2.45) is 0 Å². The molecule has 0 radical (unpaired) electrons. The van der Waals surface area contributed by atoms with Crippen LogP contribution in [-0.4, -0.2) is 36.8 Å². The molecule has 27 heavy (non-hydrogen) atoms. The van der Waals surface area contributed by atoms with Gasteiger partial charge in [0.2, 0.25) is 11.1 Å². The predicted octanol–water partition coefficient (Wildman–Crippen LogP) is 2.92. The molecule has 0 spiro atoms. The van der Waals surface area contributed by atoms with Gasteiger partial charge in [0.1, 0.15) is 0 Å². The molecule has 3 rings (SSSR count). The number of thioether (sulfide) groups is 1. The van der Waals surface area contributed by atoms with E-state index in [1.807, 2.05) is 31.2 Å². The standard InChI is InChI=1S/C17H16N6O3S/c1-11-6-8-13(9-7-11)22-17(19-20-21-22)27-10-16(24)18-14-4-3-5-15(12(14)2)23(25)26/h3-9H,10H2,1-2H3,(H,18,24). The van der Waals surface area contributed by atoms with Crippen molar-refractivity contribution in [2.45, 2.75) is 19.0 Å². The van der Waals surface area contributed by atoms with E-state index >= 15 is 0 Å². The maximum Gasteiger partial charge on any atom is 0.274 e. The second-order valence-corrected chi connectivity index (χ2v) is 6.69. The molecule has 2 aromatic carbocycles. The third-order valence-corrected chi connectivity index (χ3v) is 4.75. The number of aryl methyl sites for hydroxylation is 1. The third kappa shape index (κ3) is 4.29. The number of anilines is 1. The van der Waals surface area contributed by atoms with E-state index < -0.39 is 4.92 Å². The number of benzene rings is 2. The highest BCUT2D eigenvalue weighted by atomic mass is 32.2. The van der Waals surface area contributed by atoms with Crippen molar-refractivity contribution in [1.29, 1.82) is 0 Å². The molecule has 0 aliphatic rings. The first kappa shape index (κ1) is 18.5. The van der Waals surface area contributed by atoms with Crippen molar-refractivity contribution < 1.29 is 9.72 Å². The van der Waals surface area contributed by atoms with E-state index in [4.69, 9.17) is 0 Å². The molecule has 10 heteroatoms. The van der Waals surface area contributed by atoms with Gasteiger partial charge in [-0.3, -0.25) is 14.9 Å². The Labute approximate surface area is 158 Å². The van der Waals surface area contributed by atoms with Gasteiger partial charge in [-0.05, 0) is 42.5 Å². The van der Waals surface area contributed by atoms with Crippen molar-refractivity contribution in [3.05, 3.63) is 63.7 Å². The summed E-state index contributed by atoms with van der Waals surface area (Å²) >= 11 is 1.18. The van der Waals surface area contributed by atoms with Gasteiger partial charge < -0.3 is 5.32 Å². The molecule has 0 fully saturated rings. The van der Waals surface area contributed by atoms with E-state index in [-0.39, 0.29) is 17.3 Å². The summed E-state index contributed by atoms with van der Waals surface area (Å²) in [5.41, 5.74) is 2.69. The molecule has 1 N–H and O–H groups in total. The average Bonchev–Trinajstić information content (AvgIpc) is 3.11. The first-order valence-electron chi connectivity index (χ1n) is 7.98. The van der Waals surface area contributed by atoms with E-state index in [1.54, 1.807) is 17.7 Å². The molecule has 1 amide bonds. The summed E-state index contributed by atoms with van der Waals surface area (Å²) in [4.78, 5) is 22.8. The van der Waals surface area contributed by atoms with Crippen LogP contribution in [0.25, 0.3) is 5.69 Å². The lowest BCUT2D eigenvalue weighted by Gasteiger charge is -2.08. The number of rotatable bonds is 6. The highest BCUT2D eigenvalue weighted by Gasteiger charge is 2.16. The van der Waals surface area contributed by atoms with Crippen LogP contribution in [-0.2, 0) is 4.79 Å². The number of carbonyl (C=O) groups excluding carboxylic acids is 1. The Morgan fingerprint density at radius 2 is 1.96 bits per heavy atom. The molecule has 0 aliphatic carbocycles. The summed E-state index contributed by atoms with van der Waals surface area (Å²) in [6.07, 6.45) is 0. The van der Waals surface area contributed by atoms with Crippen LogP contribution >= 0.6 is 11.8 Å². The number of nitro benzene ring substituents is 1. The van der Waals surface area contributed by atoms with Crippen LogP contribution in [0.4, 0.5) is 11.4 Å². The number of nitro groups is 1. The molecule has 1 aromatic heterocycles. The zero-order chi connectivity index (χ0) is 19.4. The number of nitrogens with one attached hydrogen (secondary N) is 1. The zero-order valence-electron chi connectivity index (χ0n) is 14.6. The molecular weight excluding hydrogens is 368 g/mol. The van der Waals surface area contributed by atoms with Crippen LogP contribution in [0.2, 0.25) is 0 Å². The molecule has 0 saturated heterocycles. The number of nitrogens with zero attached hydrogens (tertiary/aromatic N) is 5. The van der Waals surface area contributed by atoms with Crippen molar-refractivity contribution >= 4 is 29.0 Å². The summed E-state index contributed by atoms with van der Waals surface area (Å²) in [6, 6.07) is 12.2. The lowest BCUT2D eigenvalue weighted by Crippen LogP contribution is -2.15. The summed E-state index contributed by atoms with van der Waals surface area (Å²) < 4.78 is 1.55. The van der Waals surface area contributed by atoms with E-state index in [1.165, 1.54) is 23.9 Å². The van der Waals surface area contributed by atoms with Crippen molar-refractivity contribution in [2.75, 3.05) is 11.1 Å². The van der Waals surface area contributed by atoms with Gasteiger partial charge in [0, 0.05) is 6.07 Å². The van der Waals surface area contributed by atoms with Gasteiger partial charge in [0.25, 0.3) is 5.69 Å². The van der Waals surface area contributed by atoms with Gasteiger partial charge in [0.15, 0.2) is 0 Å². The molecule has 0 unspecified atom stereocenters. The Balaban J connectivity index is 1.67. The minimum atomic E-state index is -0.477. The van der Waals surface area contributed by atoms with Crippen LogP contribution in [0.1, 0.15) is 11.1 Å². The van der Waals surface area contributed by atoms with Crippen LogP contribution in [0.3, 0.4) is 0 Å². The van der Waals surface area contributed by atoms with Crippen LogP contribution < -0.4 is 5.32 Å². The molecule has 0 saturated carbocycles. The molecular formula is C17H16N6O3S. The Morgan fingerprint density at radius 3 is 2.67 bits per heavy atom. The number of tetrazole rings is 1. The fourth-order valence-electron chi connectivity index (χ4n) is 2.39. The van der Waals surface area contributed by atoms with Crippen molar-refractivity contribution in [3.63, 3.8) is 0 Å². The quantitative estimate of drug-likeness (QED) is 0.394. The van der Waals surface area contributed by atoms with Gasteiger partial charge in [-0.15, -0.1) is 5.10 Å². The minimum absolute atomic E-state index is 0.0382. The average molecular weight is 384 g/mol. The number of amides is 1. The fourth-order valence-corrected chi connectivity index (χ4v) is 3.08. The van der Waals surface area contributed by atoms with Gasteiger partial charge in [0.05, 0.1) is 27.6 Å². The summed E-state index contributed by atoms with van der Waals surface area (Å²) in [6.45, 7) is 3.58. The smallest absolute Gasteiger partial charge is 0.274 e. The van der Waals surface area contributed by atoms with E-state index in [0.29, 0.717) is 16.4 Å². The highest BCUT2D eigenvalue weighted by Crippen LogP contribution is 2.25. The number of hydrogen-bond donors (Lipinski definition) is 1. The van der Waals surface area contributed by atoms with Gasteiger partial charge in [-0.2, -0.15) is 4.68 Å². The van der Waals surface area contributed by atoms with Gasteiger partial charge in [-0.1, -0.05) is 35.5 Å². The molecule has 0 bridgehead atoms. The predicted molar refractivity (Wildman–Crippen MR) is 101 cm³/mol. The van der Waals surface area contributed by atoms with Gasteiger partial charge >= 0.3 is 0 Å². The lowest BCUT2D eigenvalue weighted by molar-refractivity contribution is -0.385. The number of aromatic nitrogens is 4. The normalized spacial score (nSPS) is 10.6. The number of hydrogen-bond acceptors (Lipinski definition) is 7. The zero-order valence-corrected chi connectivity index (χ0v) is 15.4. The Hall–Kier alpha value is -3.27. The molecule has 1 heterocycles. The maximum atomic E-state index is 12.3. The summed E-state index contributed by atoms with van der Waals surface area (Å²) in [5, 5.41) is 25.7. The first-order valence-corrected chi connectivity index (χ1v) is 8.96. The summed E-state index contributed by atoms with van der Waals surface area (Å²) in [5.74, 6) is -0.240. The second kappa shape index (κ2) is 7.96. The van der Waals surface area contributed by atoms with Crippen molar-refractivity contribution in [1.82, 2.24) is 20.2 Å². The second-order valence-electron chi connectivity index (χ2n) is 5.75. The highest BCUT2D eigenvalue weighted by molar-refractivity contribution is 7.99. The molecule has 0 aliphatic heterocycles. The molecule has 3 aromatic rings. The number of carbonyl (C=O) groups is 1. The van der Waals surface area contributed by atoms with E-state index in [9.17, 15) is 14.9 Å². The SMILES string of the molecule is Cc1ccc(-n2nnnc2SCC(=O)Nc2cccc([N+](=O)[O-])c2C)cc1. The Kier molecular flexibility index (Phi) is 5.46. The minimum Gasteiger partial charge on any atom is -0.325 e. The maximum absolute atomic E-state index is 12.3. The fraction of sp³-hybridized carbons (Fsp3) is 0.176. The van der Waals surface area contributed by atoms with Gasteiger partial charge in [-0.25, -0.2) is 0 Å². The Morgan fingerprint density at radius 1 is 1.22 bits per heavy atom. The molecule has 9 nitrogen and oxygen atoms in total. The van der Waals surface area contributed by atoms with Crippen LogP contribution in [0.5, 0.6) is 0 Å². The monoisotopic (exact) mass is 384 g/mol. The van der Waals surface area contributed by atoms with E-state index in [2.05, 4.69) is 20.8 Å². The van der Waals surface area contributed by atoms with E-state index in [0.717, 1.165) is 11.3 Å². The van der Waals surface area contributed by atoms with Crippen LogP contribution in [0.15, 0.2) is 47.6 Å². The first-order chi connectivity index (χ1) is 13.0. The topological polar surface area (TPSA) is 116 Å². The summed E-state index contributed by atoms with van der Waals surface area (Å²) in [7, 11) is 0. The lowest BCUT2D eigenvalue weighted by atomic mass is 10.1.